The van der Waals surface area contributed by atoms with Crippen LogP contribution in [0.3, 0.4) is 0 Å². The molecule has 0 saturated heterocycles. The lowest BCUT2D eigenvalue weighted by atomic mass is 10.2. The topological polar surface area (TPSA) is 113 Å². The Kier molecular flexibility index (Phi) is 5.25. The Morgan fingerprint density at radius 3 is 2.48 bits per heavy atom. The van der Waals surface area contributed by atoms with E-state index in [-0.39, 0.29) is 17.0 Å². The largest absolute Gasteiger partial charge is 0.478 e. The van der Waals surface area contributed by atoms with Gasteiger partial charge in [0.15, 0.2) is 0 Å². The van der Waals surface area contributed by atoms with Crippen LogP contribution in [0.15, 0.2) is 18.2 Å². The molecule has 0 heterocycles. The number of carboxylic acid groups (broad SMARTS) is 1. The first kappa shape index (κ1) is 16.9. The molecule has 9 heteroatoms. The summed E-state index contributed by atoms with van der Waals surface area (Å²) < 4.78 is 35.7. The number of amides is 2. The Balaban J connectivity index is 2.69. The predicted octanol–water partition coefficient (Wildman–Crippen LogP) is 1.08. The molecule has 116 valence electrons. The maximum atomic E-state index is 13.6. The summed E-state index contributed by atoms with van der Waals surface area (Å²) in [5.74, 6) is -2.44. The first-order valence-electron chi connectivity index (χ1n) is 5.86. The molecule has 0 bridgehead atoms. The third-order valence-corrected chi connectivity index (χ3v) is 3.50. The van der Waals surface area contributed by atoms with Gasteiger partial charge in [-0.25, -0.2) is 22.4 Å². The molecule has 1 rings (SSSR count). The van der Waals surface area contributed by atoms with Crippen LogP contribution in [0.4, 0.5) is 14.9 Å². The fourth-order valence-corrected chi connectivity index (χ4v) is 2.62. The molecule has 0 aliphatic carbocycles. The van der Waals surface area contributed by atoms with Crippen LogP contribution in [-0.2, 0) is 9.84 Å². The monoisotopic (exact) mass is 318 g/mol. The highest BCUT2D eigenvalue weighted by Gasteiger charge is 2.15. The van der Waals surface area contributed by atoms with E-state index in [1.807, 2.05) is 0 Å². The minimum absolute atomic E-state index is 0.205. The quantitative estimate of drug-likeness (QED) is 0.752. The Morgan fingerprint density at radius 1 is 1.38 bits per heavy atom. The maximum absolute atomic E-state index is 13.6. The van der Waals surface area contributed by atoms with Gasteiger partial charge in [0.2, 0.25) is 0 Å². The second kappa shape index (κ2) is 6.53. The number of sulfone groups is 1. The number of rotatable bonds is 5. The lowest BCUT2D eigenvalue weighted by molar-refractivity contribution is 0.0696. The van der Waals surface area contributed by atoms with Crippen molar-refractivity contribution in [3.8, 4) is 0 Å². The average Bonchev–Trinajstić information content (AvgIpc) is 2.28. The van der Waals surface area contributed by atoms with Gasteiger partial charge in [-0.2, -0.15) is 0 Å². The van der Waals surface area contributed by atoms with Crippen molar-refractivity contribution in [2.24, 2.45) is 0 Å². The molecule has 0 saturated carbocycles. The Morgan fingerprint density at radius 2 is 2.00 bits per heavy atom. The third kappa shape index (κ3) is 5.78. The Labute approximate surface area is 121 Å². The zero-order valence-corrected chi connectivity index (χ0v) is 12.2. The summed E-state index contributed by atoms with van der Waals surface area (Å²) in [6.07, 6.45) is 1.04. The summed E-state index contributed by atoms with van der Waals surface area (Å²) in [5.41, 5.74) is -0.451. The van der Waals surface area contributed by atoms with Crippen molar-refractivity contribution in [1.29, 1.82) is 0 Å². The zero-order chi connectivity index (χ0) is 16.2. The Hall–Kier alpha value is -2.16. The van der Waals surface area contributed by atoms with Gasteiger partial charge in [-0.15, -0.1) is 0 Å². The molecule has 3 N–H and O–H groups in total. The molecule has 0 spiro atoms. The number of benzene rings is 1. The van der Waals surface area contributed by atoms with Gasteiger partial charge in [0, 0.05) is 12.3 Å². The standard InChI is InChI=1S/C12H15FN2O5S/c1-7(6-21(2,19)20)14-12(18)15-10-4-3-8(11(16)17)5-9(10)13/h3-5,7H,6H2,1-2H3,(H,16,17)(H2,14,15,18). The molecule has 2 amide bonds. The molecule has 0 aliphatic rings. The number of carbonyl (C=O) groups excluding carboxylic acids is 1. The minimum atomic E-state index is -3.25. The zero-order valence-electron chi connectivity index (χ0n) is 11.4. The number of carboxylic acids is 1. The van der Waals surface area contributed by atoms with Crippen molar-refractivity contribution in [2.75, 3.05) is 17.3 Å². The van der Waals surface area contributed by atoms with E-state index in [1.165, 1.54) is 6.92 Å². The molecular formula is C12H15FN2O5S. The number of nitrogens with one attached hydrogen (secondary N) is 2. The van der Waals surface area contributed by atoms with Gasteiger partial charge in [-0.05, 0) is 25.1 Å². The van der Waals surface area contributed by atoms with Crippen LogP contribution >= 0.6 is 0 Å². The number of aromatic carboxylic acids is 1. The normalized spacial score (nSPS) is 12.5. The van der Waals surface area contributed by atoms with Crippen molar-refractivity contribution < 1.29 is 27.5 Å². The summed E-state index contributed by atoms with van der Waals surface area (Å²) in [7, 11) is -3.25. The van der Waals surface area contributed by atoms with Crippen molar-refractivity contribution >= 4 is 27.5 Å². The van der Waals surface area contributed by atoms with E-state index in [1.54, 1.807) is 0 Å². The van der Waals surface area contributed by atoms with Gasteiger partial charge in [-0.1, -0.05) is 0 Å². The van der Waals surface area contributed by atoms with Crippen molar-refractivity contribution in [3.05, 3.63) is 29.6 Å². The summed E-state index contributed by atoms with van der Waals surface area (Å²) in [4.78, 5) is 22.2. The van der Waals surface area contributed by atoms with E-state index in [0.717, 1.165) is 24.5 Å². The van der Waals surface area contributed by atoms with Crippen LogP contribution < -0.4 is 10.6 Å². The van der Waals surface area contributed by atoms with Gasteiger partial charge >= 0.3 is 12.0 Å². The number of anilines is 1. The molecule has 0 radical (unpaired) electrons. The average molecular weight is 318 g/mol. The van der Waals surface area contributed by atoms with E-state index < -0.39 is 33.7 Å². The first-order chi connectivity index (χ1) is 9.58. The maximum Gasteiger partial charge on any atom is 0.335 e. The molecule has 21 heavy (non-hydrogen) atoms. The molecule has 7 nitrogen and oxygen atoms in total. The molecule has 1 atom stereocenters. The first-order valence-corrected chi connectivity index (χ1v) is 7.92. The second-order valence-electron chi connectivity index (χ2n) is 4.59. The molecule has 0 fully saturated rings. The van der Waals surface area contributed by atoms with Gasteiger partial charge in [0.05, 0.1) is 17.0 Å². The summed E-state index contributed by atoms with van der Waals surface area (Å²) in [6, 6.07) is 1.59. The van der Waals surface area contributed by atoms with Crippen LogP contribution in [-0.4, -0.2) is 43.6 Å². The van der Waals surface area contributed by atoms with Gasteiger partial charge in [0.25, 0.3) is 0 Å². The fourth-order valence-electron chi connectivity index (χ4n) is 1.63. The molecule has 1 aromatic carbocycles. The summed E-state index contributed by atoms with van der Waals surface area (Å²) >= 11 is 0. The van der Waals surface area contributed by atoms with Crippen LogP contribution in [0.1, 0.15) is 17.3 Å². The number of hydrogen-bond acceptors (Lipinski definition) is 4. The lowest BCUT2D eigenvalue weighted by Crippen LogP contribution is -2.40. The van der Waals surface area contributed by atoms with E-state index in [0.29, 0.717) is 0 Å². The molecule has 0 aliphatic heterocycles. The molecule has 1 unspecified atom stereocenters. The SMILES string of the molecule is CC(CS(C)(=O)=O)NC(=O)Nc1ccc(C(=O)O)cc1F. The summed E-state index contributed by atoms with van der Waals surface area (Å²) in [5, 5.41) is 13.2. The van der Waals surface area contributed by atoms with Gasteiger partial charge in [0.1, 0.15) is 15.7 Å². The van der Waals surface area contributed by atoms with Crippen molar-refractivity contribution in [3.63, 3.8) is 0 Å². The van der Waals surface area contributed by atoms with E-state index in [4.69, 9.17) is 5.11 Å². The number of hydrogen-bond donors (Lipinski definition) is 3. The Bertz CT molecular complexity index is 660. The van der Waals surface area contributed by atoms with Gasteiger partial charge in [-0.3, -0.25) is 0 Å². The molecule has 1 aromatic rings. The van der Waals surface area contributed by atoms with Crippen LogP contribution in [0, 0.1) is 5.82 Å². The van der Waals surface area contributed by atoms with Crippen molar-refractivity contribution in [2.45, 2.75) is 13.0 Å². The van der Waals surface area contributed by atoms with E-state index in [2.05, 4.69) is 10.6 Å². The number of carbonyl (C=O) groups is 2. The highest BCUT2D eigenvalue weighted by Crippen LogP contribution is 2.15. The third-order valence-electron chi connectivity index (χ3n) is 2.39. The van der Waals surface area contributed by atoms with Crippen LogP contribution in [0.2, 0.25) is 0 Å². The molecule has 0 aromatic heterocycles. The van der Waals surface area contributed by atoms with E-state index in [9.17, 15) is 22.4 Å². The number of halogens is 1. The highest BCUT2D eigenvalue weighted by molar-refractivity contribution is 7.90. The minimum Gasteiger partial charge on any atom is -0.478 e. The van der Waals surface area contributed by atoms with Crippen LogP contribution in [0.5, 0.6) is 0 Å². The van der Waals surface area contributed by atoms with Crippen molar-refractivity contribution in [1.82, 2.24) is 5.32 Å². The lowest BCUT2D eigenvalue weighted by Gasteiger charge is -2.14. The molecular weight excluding hydrogens is 303 g/mol. The summed E-state index contributed by atoms with van der Waals surface area (Å²) in [6.45, 7) is 1.49. The van der Waals surface area contributed by atoms with Gasteiger partial charge < -0.3 is 15.7 Å². The smallest absolute Gasteiger partial charge is 0.335 e. The fraction of sp³-hybridized carbons (Fsp3) is 0.333. The van der Waals surface area contributed by atoms with E-state index >= 15 is 0 Å². The second-order valence-corrected chi connectivity index (χ2v) is 6.78. The number of urea groups is 1. The highest BCUT2D eigenvalue weighted by atomic mass is 32.2. The van der Waals surface area contributed by atoms with Crippen LogP contribution in [0.25, 0.3) is 0 Å². The predicted molar refractivity (Wildman–Crippen MR) is 74.7 cm³/mol.